The highest BCUT2D eigenvalue weighted by Crippen LogP contribution is 2.30. The van der Waals surface area contributed by atoms with E-state index in [1.807, 2.05) is 0 Å². The molecule has 2 aromatic rings. The van der Waals surface area contributed by atoms with Gasteiger partial charge in [0, 0.05) is 5.75 Å². The largest absolute Gasteiger partial charge is 0.478 e. The molecule has 0 aliphatic heterocycles. The maximum absolute atomic E-state index is 12.5. The van der Waals surface area contributed by atoms with Gasteiger partial charge in [0.2, 0.25) is 0 Å². The average Bonchev–Trinajstić information content (AvgIpc) is 2.56. The van der Waals surface area contributed by atoms with E-state index < -0.39 is 22.9 Å². The van der Waals surface area contributed by atoms with Gasteiger partial charge in [0.1, 0.15) is 0 Å². The average molecular weight is 383 g/mol. The van der Waals surface area contributed by atoms with Crippen LogP contribution in [0.1, 0.15) is 32.6 Å². The van der Waals surface area contributed by atoms with Crippen LogP contribution < -0.4 is 5.32 Å². The fourth-order valence-corrected chi connectivity index (χ4v) is 2.90. The summed E-state index contributed by atoms with van der Waals surface area (Å²) in [7, 11) is 0. The molecule has 2 N–H and O–H groups in total. The fraction of sp³-hybridized carbons (Fsp3) is 0.222. The highest BCUT2D eigenvalue weighted by atomic mass is 32.2. The first-order chi connectivity index (χ1) is 12.1. The Hall–Kier alpha value is -2.48. The minimum absolute atomic E-state index is 0.0171. The minimum Gasteiger partial charge on any atom is -0.478 e. The van der Waals surface area contributed by atoms with Crippen molar-refractivity contribution in [2.75, 3.05) is 5.32 Å². The van der Waals surface area contributed by atoms with E-state index >= 15 is 0 Å². The Labute approximate surface area is 152 Å². The Balaban J connectivity index is 2.06. The molecule has 0 fully saturated rings. The summed E-state index contributed by atoms with van der Waals surface area (Å²) >= 11 is 0.848. The summed E-state index contributed by atoms with van der Waals surface area (Å²) in [6.07, 6.45) is -4.40. The van der Waals surface area contributed by atoms with Crippen molar-refractivity contribution in [1.29, 1.82) is 0 Å². The van der Waals surface area contributed by atoms with Crippen molar-refractivity contribution in [3.8, 4) is 0 Å². The summed E-state index contributed by atoms with van der Waals surface area (Å²) in [4.78, 5) is 23.4. The van der Waals surface area contributed by atoms with Crippen molar-refractivity contribution < 1.29 is 27.9 Å². The third-order valence-electron chi connectivity index (χ3n) is 3.84. The number of nitrogens with one attached hydrogen (secondary N) is 1. The molecule has 4 nitrogen and oxygen atoms in total. The molecule has 0 saturated heterocycles. The van der Waals surface area contributed by atoms with Crippen molar-refractivity contribution >= 4 is 28.7 Å². The van der Waals surface area contributed by atoms with E-state index in [0.29, 0.717) is 11.1 Å². The maximum Gasteiger partial charge on any atom is 0.416 e. The van der Waals surface area contributed by atoms with E-state index in [0.717, 1.165) is 29.5 Å². The zero-order valence-corrected chi connectivity index (χ0v) is 14.8. The van der Waals surface area contributed by atoms with E-state index in [-0.39, 0.29) is 17.0 Å². The summed E-state index contributed by atoms with van der Waals surface area (Å²) in [6.45, 7) is 3.50. The molecule has 2 rings (SSSR count). The second-order valence-electron chi connectivity index (χ2n) is 5.63. The second kappa shape index (κ2) is 7.82. The van der Waals surface area contributed by atoms with Crippen LogP contribution >= 0.6 is 11.8 Å². The minimum atomic E-state index is -4.40. The molecule has 0 atom stereocenters. The number of carbonyl (C=O) groups is 2. The smallest absolute Gasteiger partial charge is 0.416 e. The van der Waals surface area contributed by atoms with Gasteiger partial charge in [0.15, 0.2) is 0 Å². The number of halogens is 3. The number of amides is 1. The van der Waals surface area contributed by atoms with Crippen molar-refractivity contribution in [3.05, 3.63) is 64.2 Å². The number of benzene rings is 2. The number of aromatic carboxylic acids is 1. The topological polar surface area (TPSA) is 66.4 Å². The number of hydrogen-bond donors (Lipinski definition) is 2. The molecule has 0 aliphatic carbocycles. The van der Waals surface area contributed by atoms with Gasteiger partial charge in [0.25, 0.3) is 5.24 Å². The predicted molar refractivity (Wildman–Crippen MR) is 94.6 cm³/mol. The molecule has 0 spiro atoms. The zero-order chi connectivity index (χ0) is 19.5. The number of thioether (sulfide) groups is 1. The lowest BCUT2D eigenvalue weighted by molar-refractivity contribution is -0.137. The van der Waals surface area contributed by atoms with E-state index in [4.69, 9.17) is 0 Å². The quantitative estimate of drug-likeness (QED) is 0.733. The Morgan fingerprint density at radius 2 is 1.69 bits per heavy atom. The third kappa shape index (κ3) is 4.78. The van der Waals surface area contributed by atoms with Crippen LogP contribution in [0.4, 0.5) is 23.7 Å². The molecule has 0 heterocycles. The SMILES string of the molecule is Cc1ccc(C(=O)O)c(NC(=O)SCc2ccc(C(F)(F)F)cc2)c1C. The number of carbonyl (C=O) groups excluding carboxylic acids is 1. The predicted octanol–water partition coefficient (Wildman–Crippen LogP) is 5.49. The Bertz CT molecular complexity index is 833. The Morgan fingerprint density at radius 3 is 2.23 bits per heavy atom. The number of rotatable bonds is 4. The third-order valence-corrected chi connectivity index (χ3v) is 4.69. The van der Waals surface area contributed by atoms with Gasteiger partial charge in [-0.3, -0.25) is 4.79 Å². The molecular formula is C18H16F3NO3S. The van der Waals surface area contributed by atoms with Crippen LogP contribution in [-0.2, 0) is 11.9 Å². The van der Waals surface area contributed by atoms with Crippen molar-refractivity contribution in [1.82, 2.24) is 0 Å². The molecule has 138 valence electrons. The molecule has 0 radical (unpaired) electrons. The van der Waals surface area contributed by atoms with Crippen LogP contribution in [0.15, 0.2) is 36.4 Å². The first-order valence-electron chi connectivity index (χ1n) is 7.53. The lowest BCUT2D eigenvalue weighted by Gasteiger charge is -2.13. The zero-order valence-electron chi connectivity index (χ0n) is 14.0. The van der Waals surface area contributed by atoms with Crippen molar-refractivity contribution in [3.63, 3.8) is 0 Å². The van der Waals surface area contributed by atoms with E-state index in [2.05, 4.69) is 5.32 Å². The number of alkyl halides is 3. The molecular weight excluding hydrogens is 367 g/mol. The van der Waals surface area contributed by atoms with Gasteiger partial charge in [-0.15, -0.1) is 0 Å². The van der Waals surface area contributed by atoms with Gasteiger partial charge in [-0.05, 0) is 48.7 Å². The summed E-state index contributed by atoms with van der Waals surface area (Å²) in [5, 5.41) is 11.3. The lowest BCUT2D eigenvalue weighted by Crippen LogP contribution is -2.12. The van der Waals surface area contributed by atoms with Gasteiger partial charge in [-0.1, -0.05) is 30.0 Å². The van der Waals surface area contributed by atoms with Crippen LogP contribution in [0.5, 0.6) is 0 Å². The molecule has 8 heteroatoms. The lowest BCUT2D eigenvalue weighted by atomic mass is 10.0. The monoisotopic (exact) mass is 383 g/mol. The van der Waals surface area contributed by atoms with Crippen LogP contribution in [0, 0.1) is 13.8 Å². The van der Waals surface area contributed by atoms with Crippen LogP contribution in [0.2, 0.25) is 0 Å². The van der Waals surface area contributed by atoms with Crippen molar-refractivity contribution in [2.24, 2.45) is 0 Å². The summed E-state index contributed by atoms with van der Waals surface area (Å²) < 4.78 is 37.6. The second-order valence-corrected chi connectivity index (χ2v) is 6.58. The highest BCUT2D eigenvalue weighted by Gasteiger charge is 2.29. The Kier molecular flexibility index (Phi) is 5.97. The van der Waals surface area contributed by atoms with Gasteiger partial charge < -0.3 is 10.4 Å². The van der Waals surface area contributed by atoms with Gasteiger partial charge in [0.05, 0.1) is 16.8 Å². The molecule has 0 bridgehead atoms. The number of anilines is 1. The molecule has 0 unspecified atom stereocenters. The first kappa shape index (κ1) is 19.8. The summed E-state index contributed by atoms with van der Waals surface area (Å²) in [5.74, 6) is -0.992. The number of hydrogen-bond acceptors (Lipinski definition) is 3. The molecule has 1 amide bonds. The van der Waals surface area contributed by atoms with Gasteiger partial charge >= 0.3 is 12.1 Å². The van der Waals surface area contributed by atoms with E-state index in [1.54, 1.807) is 19.9 Å². The molecule has 2 aromatic carbocycles. The van der Waals surface area contributed by atoms with E-state index in [9.17, 15) is 27.9 Å². The number of aryl methyl sites for hydroxylation is 1. The summed E-state index contributed by atoms with van der Waals surface area (Å²) in [6, 6.07) is 7.61. The van der Waals surface area contributed by atoms with Gasteiger partial charge in [-0.25, -0.2) is 4.79 Å². The summed E-state index contributed by atoms with van der Waals surface area (Å²) in [5.41, 5.74) is 1.49. The molecule has 0 saturated carbocycles. The highest BCUT2D eigenvalue weighted by molar-refractivity contribution is 8.13. The fourth-order valence-electron chi connectivity index (χ4n) is 2.23. The normalized spacial score (nSPS) is 11.3. The molecule has 0 aromatic heterocycles. The van der Waals surface area contributed by atoms with Crippen LogP contribution in [-0.4, -0.2) is 16.3 Å². The Morgan fingerprint density at radius 1 is 1.08 bits per heavy atom. The van der Waals surface area contributed by atoms with E-state index in [1.165, 1.54) is 18.2 Å². The van der Waals surface area contributed by atoms with Crippen molar-refractivity contribution in [2.45, 2.75) is 25.8 Å². The molecule has 26 heavy (non-hydrogen) atoms. The number of carboxylic acids is 1. The standard InChI is InChI=1S/C18H16F3NO3S/c1-10-3-8-14(16(23)24)15(11(10)2)22-17(25)26-9-12-4-6-13(7-5-12)18(19,20)21/h3-8H,9H2,1-2H3,(H,22,25)(H,23,24). The maximum atomic E-state index is 12.5. The van der Waals surface area contributed by atoms with Crippen LogP contribution in [0.25, 0.3) is 0 Å². The van der Waals surface area contributed by atoms with Gasteiger partial charge in [-0.2, -0.15) is 13.2 Å². The van der Waals surface area contributed by atoms with Crippen LogP contribution in [0.3, 0.4) is 0 Å². The first-order valence-corrected chi connectivity index (χ1v) is 8.51. The number of carboxylic acid groups (broad SMARTS) is 1. The molecule has 0 aliphatic rings.